The molecule has 0 spiro atoms. The van der Waals surface area contributed by atoms with Crippen LogP contribution in [0, 0.1) is 0 Å². The van der Waals surface area contributed by atoms with E-state index in [0.29, 0.717) is 17.8 Å². The average molecular weight is 413 g/mol. The molecule has 8 nitrogen and oxygen atoms in total. The van der Waals surface area contributed by atoms with Crippen LogP contribution in [-0.2, 0) is 0 Å². The van der Waals surface area contributed by atoms with Crippen LogP contribution in [0.15, 0.2) is 78.9 Å². The molecule has 0 atom stereocenters. The zero-order chi connectivity index (χ0) is 21.5. The number of nitrogens with one attached hydrogen (secondary N) is 5. The van der Waals surface area contributed by atoms with Crippen molar-refractivity contribution in [1.29, 1.82) is 0 Å². The molecule has 5 N–H and O–H groups in total. The van der Waals surface area contributed by atoms with Crippen LogP contribution >= 0.6 is 0 Å². The van der Waals surface area contributed by atoms with Crippen LogP contribution in [-0.4, -0.2) is 29.0 Å². The molecule has 156 valence electrons. The lowest BCUT2D eigenvalue weighted by atomic mass is 10.3. The Morgan fingerprint density at radius 2 is 0.839 bits per heavy atom. The van der Waals surface area contributed by atoms with Gasteiger partial charge in [0, 0.05) is 42.5 Å². The monoisotopic (exact) mass is 412 g/mol. The minimum absolute atomic E-state index is 0.425. The molecule has 0 fully saturated rings. The largest absolute Gasteiger partial charge is 0.388 e. The molecule has 1 aromatic heterocycles. The van der Waals surface area contributed by atoms with Gasteiger partial charge in [-0.25, -0.2) is 0 Å². The summed E-state index contributed by atoms with van der Waals surface area (Å²) in [4.78, 5) is 13.6. The molecule has 8 heteroatoms. The molecule has 0 aliphatic heterocycles. The topological polar surface area (TPSA) is 98.8 Å². The predicted molar refractivity (Wildman–Crippen MR) is 128 cm³/mol. The fourth-order valence-corrected chi connectivity index (χ4v) is 2.96. The van der Waals surface area contributed by atoms with Crippen LogP contribution in [0.1, 0.15) is 0 Å². The van der Waals surface area contributed by atoms with Crippen LogP contribution in [0.3, 0.4) is 0 Å². The van der Waals surface area contributed by atoms with Crippen LogP contribution in [0.25, 0.3) is 0 Å². The van der Waals surface area contributed by atoms with Gasteiger partial charge in [-0.2, -0.15) is 15.0 Å². The summed E-state index contributed by atoms with van der Waals surface area (Å²) in [5.41, 5.74) is 4.60. The third-order valence-electron chi connectivity index (χ3n) is 4.48. The fourth-order valence-electron chi connectivity index (χ4n) is 2.96. The summed E-state index contributed by atoms with van der Waals surface area (Å²) in [7, 11) is 3.76. The first-order valence-electron chi connectivity index (χ1n) is 9.90. The van der Waals surface area contributed by atoms with Gasteiger partial charge >= 0.3 is 0 Å². The van der Waals surface area contributed by atoms with Crippen molar-refractivity contribution in [3.63, 3.8) is 0 Å². The van der Waals surface area contributed by atoms with E-state index in [-0.39, 0.29) is 0 Å². The highest BCUT2D eigenvalue weighted by Crippen LogP contribution is 2.23. The molecule has 0 aliphatic rings. The van der Waals surface area contributed by atoms with Crippen LogP contribution < -0.4 is 26.6 Å². The first-order valence-corrected chi connectivity index (χ1v) is 9.90. The number of hydrogen-bond acceptors (Lipinski definition) is 8. The predicted octanol–water partition coefficient (Wildman–Crippen LogP) is 5.19. The van der Waals surface area contributed by atoms with E-state index < -0.39 is 0 Å². The summed E-state index contributed by atoms with van der Waals surface area (Å²) in [6, 6.07) is 25.6. The molecule has 0 radical (unpaired) electrons. The Hall–Kier alpha value is -4.33. The molecule has 1 heterocycles. The molecule has 4 rings (SSSR count). The Morgan fingerprint density at radius 3 is 1.29 bits per heavy atom. The summed E-state index contributed by atoms with van der Waals surface area (Å²) in [6.07, 6.45) is 0. The summed E-state index contributed by atoms with van der Waals surface area (Å²) < 4.78 is 0. The third kappa shape index (κ3) is 5.39. The quantitative estimate of drug-likeness (QED) is 0.270. The van der Waals surface area contributed by atoms with Crippen LogP contribution in [0.4, 0.5) is 46.3 Å². The molecule has 0 bridgehead atoms. The van der Waals surface area contributed by atoms with Crippen LogP contribution in [0.2, 0.25) is 0 Å². The van der Waals surface area contributed by atoms with Crippen molar-refractivity contribution in [2.24, 2.45) is 0 Å². The number of aromatic nitrogens is 3. The van der Waals surface area contributed by atoms with E-state index >= 15 is 0 Å². The van der Waals surface area contributed by atoms with Gasteiger partial charge in [0.1, 0.15) is 0 Å². The first kappa shape index (κ1) is 20.0. The highest BCUT2D eigenvalue weighted by Gasteiger charge is 2.09. The number of para-hydroxylation sites is 1. The van der Waals surface area contributed by atoms with Crippen molar-refractivity contribution in [2.45, 2.75) is 0 Å². The maximum atomic E-state index is 4.55. The number of rotatable bonds is 8. The lowest BCUT2D eigenvalue weighted by molar-refractivity contribution is 1.06. The zero-order valence-corrected chi connectivity index (χ0v) is 17.3. The van der Waals surface area contributed by atoms with E-state index in [2.05, 4.69) is 41.5 Å². The molecule has 0 saturated heterocycles. The standard InChI is InChI=1S/C23H24N8/c1-24-17-10-6-12-19(14-17)27-22-29-21(26-16-8-4-3-5-9-16)30-23(31-22)28-20-13-7-11-18(15-20)25-2/h3-15,24-25H,1-2H3,(H3,26,27,28,29,30,31). The second kappa shape index (κ2) is 9.45. The summed E-state index contributed by atoms with van der Waals surface area (Å²) >= 11 is 0. The summed E-state index contributed by atoms with van der Waals surface area (Å²) in [6.45, 7) is 0. The second-order valence-corrected chi connectivity index (χ2v) is 6.71. The van der Waals surface area contributed by atoms with E-state index in [9.17, 15) is 0 Å². The summed E-state index contributed by atoms with van der Waals surface area (Å²) in [5.74, 6) is 1.28. The first-order chi connectivity index (χ1) is 15.2. The van der Waals surface area contributed by atoms with E-state index in [4.69, 9.17) is 0 Å². The van der Waals surface area contributed by atoms with Gasteiger partial charge in [0.2, 0.25) is 17.8 Å². The molecule has 0 saturated carbocycles. The maximum Gasteiger partial charge on any atom is 0.233 e. The minimum atomic E-state index is 0.425. The van der Waals surface area contributed by atoms with Gasteiger partial charge < -0.3 is 26.6 Å². The molecular formula is C23H24N8. The number of benzene rings is 3. The molecule has 0 aliphatic carbocycles. The maximum absolute atomic E-state index is 4.55. The zero-order valence-electron chi connectivity index (χ0n) is 17.3. The fraction of sp³-hybridized carbons (Fsp3) is 0.0870. The Kier molecular flexibility index (Phi) is 6.08. The average Bonchev–Trinajstić information content (AvgIpc) is 2.80. The van der Waals surface area contributed by atoms with E-state index in [1.54, 1.807) is 0 Å². The lowest BCUT2D eigenvalue weighted by Crippen LogP contribution is -2.07. The minimum Gasteiger partial charge on any atom is -0.388 e. The highest BCUT2D eigenvalue weighted by atomic mass is 15.3. The summed E-state index contributed by atoms with van der Waals surface area (Å²) in [5, 5.41) is 16.0. The van der Waals surface area contributed by atoms with Gasteiger partial charge in [-0.3, -0.25) is 0 Å². The van der Waals surface area contributed by atoms with Crippen molar-refractivity contribution in [3.8, 4) is 0 Å². The molecule has 31 heavy (non-hydrogen) atoms. The van der Waals surface area contributed by atoms with Crippen molar-refractivity contribution in [1.82, 2.24) is 15.0 Å². The Morgan fingerprint density at radius 1 is 0.452 bits per heavy atom. The van der Waals surface area contributed by atoms with E-state index in [1.165, 1.54) is 0 Å². The molecule has 0 amide bonds. The van der Waals surface area contributed by atoms with Crippen molar-refractivity contribution >= 4 is 46.3 Å². The van der Waals surface area contributed by atoms with Gasteiger partial charge in [-0.1, -0.05) is 30.3 Å². The number of hydrogen-bond donors (Lipinski definition) is 5. The molecular weight excluding hydrogens is 388 g/mol. The van der Waals surface area contributed by atoms with Gasteiger partial charge in [0.25, 0.3) is 0 Å². The molecule has 3 aromatic carbocycles. The van der Waals surface area contributed by atoms with Gasteiger partial charge in [0.15, 0.2) is 0 Å². The van der Waals surface area contributed by atoms with E-state index in [0.717, 1.165) is 28.4 Å². The Labute approximate surface area is 181 Å². The second-order valence-electron chi connectivity index (χ2n) is 6.71. The van der Waals surface area contributed by atoms with Gasteiger partial charge in [0.05, 0.1) is 0 Å². The normalized spacial score (nSPS) is 10.3. The SMILES string of the molecule is CNc1cccc(Nc2nc(Nc3ccccc3)nc(Nc3cccc(NC)c3)n2)c1. The lowest BCUT2D eigenvalue weighted by Gasteiger charge is -2.12. The number of nitrogens with zero attached hydrogens (tertiary/aromatic N) is 3. The Bertz CT molecular complexity index is 1080. The van der Waals surface area contributed by atoms with Crippen LogP contribution in [0.5, 0.6) is 0 Å². The Balaban J connectivity index is 1.65. The highest BCUT2D eigenvalue weighted by molar-refractivity contribution is 5.65. The number of anilines is 8. The smallest absolute Gasteiger partial charge is 0.233 e. The van der Waals surface area contributed by atoms with Gasteiger partial charge in [-0.05, 0) is 48.5 Å². The van der Waals surface area contributed by atoms with E-state index in [1.807, 2.05) is 93.0 Å². The van der Waals surface area contributed by atoms with Gasteiger partial charge in [-0.15, -0.1) is 0 Å². The van der Waals surface area contributed by atoms with Crippen molar-refractivity contribution in [2.75, 3.05) is 40.7 Å². The van der Waals surface area contributed by atoms with Crippen molar-refractivity contribution in [3.05, 3.63) is 78.9 Å². The third-order valence-corrected chi connectivity index (χ3v) is 4.48. The molecule has 0 unspecified atom stereocenters. The molecule has 4 aromatic rings. The van der Waals surface area contributed by atoms with Crippen molar-refractivity contribution < 1.29 is 0 Å².